The van der Waals surface area contributed by atoms with Crippen LogP contribution in [0.1, 0.15) is 43.9 Å². The minimum Gasteiger partial charge on any atom is -0.481 e. The number of aryl methyl sites for hydroxylation is 2. The minimum absolute atomic E-state index is 0.0294. The SMILES string of the molecule is Cc1nc(C)c(-c2nnnn2C(CC(=O)O)C(C)(C)C)s1. The van der Waals surface area contributed by atoms with Crippen LogP contribution in [0.3, 0.4) is 0 Å². The third-order valence-electron chi connectivity index (χ3n) is 3.26. The zero-order valence-electron chi connectivity index (χ0n) is 12.8. The smallest absolute Gasteiger partial charge is 0.305 e. The quantitative estimate of drug-likeness (QED) is 0.932. The van der Waals surface area contributed by atoms with Gasteiger partial charge in [0.25, 0.3) is 0 Å². The molecule has 0 aromatic carbocycles. The second-order valence-electron chi connectivity index (χ2n) is 6.07. The summed E-state index contributed by atoms with van der Waals surface area (Å²) >= 11 is 1.51. The second kappa shape index (κ2) is 5.51. The largest absolute Gasteiger partial charge is 0.481 e. The van der Waals surface area contributed by atoms with Gasteiger partial charge in [-0.05, 0) is 29.7 Å². The highest BCUT2D eigenvalue weighted by atomic mass is 32.1. The van der Waals surface area contributed by atoms with Gasteiger partial charge in [-0.3, -0.25) is 4.79 Å². The average molecular weight is 309 g/mol. The maximum atomic E-state index is 11.2. The van der Waals surface area contributed by atoms with Crippen molar-refractivity contribution >= 4 is 17.3 Å². The molecule has 1 unspecified atom stereocenters. The van der Waals surface area contributed by atoms with Crippen LogP contribution in [0, 0.1) is 19.3 Å². The Balaban J connectivity index is 2.51. The molecule has 0 spiro atoms. The number of nitrogens with zero attached hydrogens (tertiary/aromatic N) is 5. The zero-order chi connectivity index (χ0) is 15.8. The lowest BCUT2D eigenvalue weighted by molar-refractivity contribution is -0.138. The van der Waals surface area contributed by atoms with Crippen molar-refractivity contribution in [2.24, 2.45) is 5.41 Å². The van der Waals surface area contributed by atoms with Crippen LogP contribution in [-0.2, 0) is 4.79 Å². The summed E-state index contributed by atoms with van der Waals surface area (Å²) in [6, 6.07) is -0.332. The van der Waals surface area contributed by atoms with E-state index in [1.54, 1.807) is 4.68 Å². The molecule has 1 N–H and O–H groups in total. The highest BCUT2D eigenvalue weighted by Gasteiger charge is 2.32. The van der Waals surface area contributed by atoms with E-state index in [-0.39, 0.29) is 17.9 Å². The van der Waals surface area contributed by atoms with Crippen LogP contribution in [-0.4, -0.2) is 36.3 Å². The first-order chi connectivity index (χ1) is 9.70. The predicted molar refractivity (Wildman–Crippen MR) is 79.1 cm³/mol. The van der Waals surface area contributed by atoms with Gasteiger partial charge in [0, 0.05) is 0 Å². The molecule has 0 saturated carbocycles. The summed E-state index contributed by atoms with van der Waals surface area (Å²) < 4.78 is 1.62. The van der Waals surface area contributed by atoms with E-state index in [1.165, 1.54) is 11.3 Å². The number of hydrogen-bond donors (Lipinski definition) is 1. The first kappa shape index (κ1) is 15.6. The van der Waals surface area contributed by atoms with Crippen molar-refractivity contribution in [3.8, 4) is 10.7 Å². The molecule has 0 aliphatic heterocycles. The number of hydrogen-bond acceptors (Lipinski definition) is 6. The number of carboxylic acid groups (broad SMARTS) is 1. The molecule has 114 valence electrons. The van der Waals surface area contributed by atoms with E-state index in [4.69, 9.17) is 0 Å². The fourth-order valence-electron chi connectivity index (χ4n) is 2.22. The molecule has 21 heavy (non-hydrogen) atoms. The number of rotatable bonds is 4. The summed E-state index contributed by atoms with van der Waals surface area (Å²) in [6.07, 6.45) is -0.0294. The van der Waals surface area contributed by atoms with Crippen molar-refractivity contribution < 1.29 is 9.90 Å². The van der Waals surface area contributed by atoms with Crippen LogP contribution in [0.4, 0.5) is 0 Å². The molecule has 7 nitrogen and oxygen atoms in total. The van der Waals surface area contributed by atoms with Crippen molar-refractivity contribution in [3.63, 3.8) is 0 Å². The summed E-state index contributed by atoms with van der Waals surface area (Å²) in [5.74, 6) is -0.284. The number of tetrazole rings is 1. The molecular weight excluding hydrogens is 290 g/mol. The van der Waals surface area contributed by atoms with Gasteiger partial charge in [-0.1, -0.05) is 20.8 Å². The molecule has 2 heterocycles. The monoisotopic (exact) mass is 309 g/mol. The van der Waals surface area contributed by atoms with Gasteiger partial charge < -0.3 is 5.11 Å². The summed E-state index contributed by atoms with van der Waals surface area (Å²) in [7, 11) is 0. The maximum Gasteiger partial charge on any atom is 0.305 e. The Labute approximate surface area is 127 Å². The van der Waals surface area contributed by atoms with Gasteiger partial charge >= 0.3 is 5.97 Å². The summed E-state index contributed by atoms with van der Waals surface area (Å²) in [6.45, 7) is 9.78. The zero-order valence-corrected chi connectivity index (χ0v) is 13.6. The molecule has 0 aliphatic carbocycles. The molecule has 8 heteroatoms. The Bertz CT molecular complexity index is 656. The lowest BCUT2D eigenvalue weighted by Crippen LogP contribution is -2.28. The molecule has 2 aromatic rings. The van der Waals surface area contributed by atoms with Crippen LogP contribution in [0.25, 0.3) is 10.7 Å². The van der Waals surface area contributed by atoms with Crippen LogP contribution < -0.4 is 0 Å². The molecule has 0 aliphatic rings. The van der Waals surface area contributed by atoms with Crippen molar-refractivity contribution in [2.45, 2.75) is 47.1 Å². The van der Waals surface area contributed by atoms with E-state index in [0.29, 0.717) is 5.82 Å². The molecule has 0 radical (unpaired) electrons. The topological polar surface area (TPSA) is 93.8 Å². The van der Waals surface area contributed by atoms with Gasteiger partial charge in [0.15, 0.2) is 5.82 Å². The molecule has 0 amide bonds. The molecule has 1 atom stereocenters. The van der Waals surface area contributed by atoms with E-state index < -0.39 is 5.97 Å². The van der Waals surface area contributed by atoms with E-state index in [2.05, 4.69) is 20.5 Å². The van der Waals surface area contributed by atoms with Gasteiger partial charge in [-0.25, -0.2) is 9.67 Å². The predicted octanol–water partition coefficient (Wildman–Crippen LogP) is 2.48. The van der Waals surface area contributed by atoms with E-state index >= 15 is 0 Å². The Morgan fingerprint density at radius 1 is 1.38 bits per heavy atom. The fraction of sp³-hybridized carbons (Fsp3) is 0.615. The van der Waals surface area contributed by atoms with Crippen LogP contribution >= 0.6 is 11.3 Å². The Morgan fingerprint density at radius 3 is 2.52 bits per heavy atom. The molecule has 2 rings (SSSR count). The second-order valence-corrected chi connectivity index (χ2v) is 7.28. The van der Waals surface area contributed by atoms with Crippen LogP contribution in [0.15, 0.2) is 0 Å². The maximum absolute atomic E-state index is 11.2. The van der Waals surface area contributed by atoms with Crippen molar-refractivity contribution in [3.05, 3.63) is 10.7 Å². The summed E-state index contributed by atoms with van der Waals surface area (Å²) in [5, 5.41) is 22.0. The molecule has 2 aromatic heterocycles. The molecular formula is C13H19N5O2S. The minimum atomic E-state index is -0.867. The molecule has 0 fully saturated rings. The number of carbonyl (C=O) groups is 1. The van der Waals surface area contributed by atoms with E-state index in [9.17, 15) is 9.90 Å². The molecule has 0 bridgehead atoms. The normalized spacial score (nSPS) is 13.4. The van der Waals surface area contributed by atoms with Crippen LogP contribution in [0.5, 0.6) is 0 Å². The highest BCUT2D eigenvalue weighted by Crippen LogP contribution is 2.37. The lowest BCUT2D eigenvalue weighted by Gasteiger charge is -2.29. The van der Waals surface area contributed by atoms with Gasteiger partial charge in [-0.2, -0.15) is 0 Å². The summed E-state index contributed by atoms with van der Waals surface area (Å²) in [4.78, 5) is 16.4. The number of carboxylic acids is 1. The Morgan fingerprint density at radius 2 is 2.05 bits per heavy atom. The van der Waals surface area contributed by atoms with Gasteiger partial charge in [0.05, 0.1) is 28.0 Å². The third kappa shape index (κ3) is 3.26. The number of aromatic nitrogens is 5. The Hall–Kier alpha value is -1.83. The van der Waals surface area contributed by atoms with Crippen molar-refractivity contribution in [1.82, 2.24) is 25.2 Å². The number of aliphatic carboxylic acids is 1. The van der Waals surface area contributed by atoms with Crippen molar-refractivity contribution in [1.29, 1.82) is 0 Å². The average Bonchev–Trinajstić information content (AvgIpc) is 2.90. The van der Waals surface area contributed by atoms with E-state index in [1.807, 2.05) is 34.6 Å². The Kier molecular flexibility index (Phi) is 4.08. The third-order valence-corrected chi connectivity index (χ3v) is 4.33. The number of thiazole rings is 1. The first-order valence-electron chi connectivity index (χ1n) is 6.64. The van der Waals surface area contributed by atoms with Crippen LogP contribution in [0.2, 0.25) is 0 Å². The summed E-state index contributed by atoms with van der Waals surface area (Å²) in [5.41, 5.74) is 0.576. The van der Waals surface area contributed by atoms with Crippen molar-refractivity contribution in [2.75, 3.05) is 0 Å². The lowest BCUT2D eigenvalue weighted by atomic mass is 9.85. The van der Waals surface area contributed by atoms with Gasteiger partial charge in [-0.15, -0.1) is 16.4 Å². The van der Waals surface area contributed by atoms with E-state index in [0.717, 1.165) is 15.6 Å². The molecule has 0 saturated heterocycles. The van der Waals surface area contributed by atoms with Gasteiger partial charge in [0.2, 0.25) is 0 Å². The fourth-order valence-corrected chi connectivity index (χ4v) is 3.11. The first-order valence-corrected chi connectivity index (χ1v) is 7.46. The van der Waals surface area contributed by atoms with Gasteiger partial charge in [0.1, 0.15) is 0 Å². The standard InChI is InChI=1S/C13H19N5O2S/c1-7-11(21-8(2)14-7)12-15-16-17-18(12)9(6-10(19)20)13(3,4)5/h9H,6H2,1-5H3,(H,19,20). The highest BCUT2D eigenvalue weighted by molar-refractivity contribution is 7.15.